The molecule has 1 aromatic carbocycles. The number of hydrogen-bond acceptors (Lipinski definition) is 3. The van der Waals surface area contributed by atoms with Gasteiger partial charge in [-0.25, -0.2) is 0 Å². The summed E-state index contributed by atoms with van der Waals surface area (Å²) in [6.07, 6.45) is 7.65. The van der Waals surface area contributed by atoms with Crippen LogP contribution in [0.5, 0.6) is 0 Å². The maximum Gasteiger partial charge on any atom is 0.244 e. The van der Waals surface area contributed by atoms with Crippen molar-refractivity contribution in [2.24, 2.45) is 5.73 Å². The molecule has 1 aliphatic carbocycles. The molecule has 1 aromatic rings. The maximum atomic E-state index is 12.6. The molecule has 2 N–H and O–H groups in total. The molecule has 23 heavy (non-hydrogen) atoms. The van der Waals surface area contributed by atoms with Crippen LogP contribution in [0.1, 0.15) is 55.7 Å². The highest BCUT2D eigenvalue weighted by Crippen LogP contribution is 2.26. The van der Waals surface area contributed by atoms with Crippen LogP contribution in [0.4, 0.5) is 0 Å². The Kier molecular flexibility index (Phi) is 5.34. The Balaban J connectivity index is 1.50. The Bertz CT molecular complexity index is 515. The van der Waals surface area contributed by atoms with Crippen LogP contribution in [0.3, 0.4) is 0 Å². The molecule has 4 heteroatoms. The van der Waals surface area contributed by atoms with Gasteiger partial charge in [0.15, 0.2) is 0 Å². The molecular weight excluding hydrogens is 288 g/mol. The predicted molar refractivity (Wildman–Crippen MR) is 91.1 cm³/mol. The van der Waals surface area contributed by atoms with Gasteiger partial charge in [0.1, 0.15) is 6.04 Å². The van der Waals surface area contributed by atoms with Crippen molar-refractivity contribution in [2.45, 2.75) is 63.7 Å². The van der Waals surface area contributed by atoms with Gasteiger partial charge in [-0.3, -0.25) is 4.79 Å². The maximum absolute atomic E-state index is 12.6. The molecule has 1 amide bonds. The largest absolute Gasteiger partial charge is 0.375 e. The standard InChI is InChI=1S/C19H28N2O2/c1-14-6-8-15(9-7-14)18(20)19(22)21-12-10-17(11-13-21)23-16-4-2-3-5-16/h6-9,16-18H,2-5,10-13,20H2,1H3. The Hall–Kier alpha value is -1.39. The number of ether oxygens (including phenoxy) is 1. The average Bonchev–Trinajstić information content (AvgIpc) is 3.08. The van der Waals surface area contributed by atoms with E-state index in [2.05, 4.69) is 0 Å². The minimum atomic E-state index is -0.553. The van der Waals surface area contributed by atoms with Gasteiger partial charge in [-0.15, -0.1) is 0 Å². The van der Waals surface area contributed by atoms with Crippen molar-refractivity contribution in [3.63, 3.8) is 0 Å². The Morgan fingerprint density at radius 3 is 2.26 bits per heavy atom. The number of aryl methyl sites for hydroxylation is 1. The molecule has 4 nitrogen and oxygen atoms in total. The van der Waals surface area contributed by atoms with E-state index in [-0.39, 0.29) is 5.91 Å². The van der Waals surface area contributed by atoms with E-state index in [1.807, 2.05) is 36.1 Å². The lowest BCUT2D eigenvalue weighted by Crippen LogP contribution is -2.45. The Labute approximate surface area is 139 Å². The molecule has 1 unspecified atom stereocenters. The van der Waals surface area contributed by atoms with Gasteiger partial charge in [0.05, 0.1) is 12.2 Å². The fraction of sp³-hybridized carbons (Fsp3) is 0.632. The van der Waals surface area contributed by atoms with Crippen molar-refractivity contribution in [3.8, 4) is 0 Å². The summed E-state index contributed by atoms with van der Waals surface area (Å²) < 4.78 is 6.17. The molecule has 1 atom stereocenters. The molecule has 0 aromatic heterocycles. The molecule has 0 bridgehead atoms. The number of carbonyl (C=O) groups is 1. The number of benzene rings is 1. The first-order valence-electron chi connectivity index (χ1n) is 8.90. The summed E-state index contributed by atoms with van der Waals surface area (Å²) in [5.74, 6) is 0.0353. The number of nitrogens with zero attached hydrogens (tertiary/aromatic N) is 1. The number of amides is 1. The third-order valence-corrected chi connectivity index (χ3v) is 5.14. The number of likely N-dealkylation sites (tertiary alicyclic amines) is 1. The lowest BCUT2D eigenvalue weighted by atomic mass is 10.0. The van der Waals surface area contributed by atoms with Crippen LogP contribution in [0.15, 0.2) is 24.3 Å². The summed E-state index contributed by atoms with van der Waals surface area (Å²) >= 11 is 0. The van der Waals surface area contributed by atoms with Gasteiger partial charge in [-0.2, -0.15) is 0 Å². The van der Waals surface area contributed by atoms with E-state index in [1.54, 1.807) is 0 Å². The van der Waals surface area contributed by atoms with E-state index in [9.17, 15) is 4.79 Å². The number of hydrogen-bond donors (Lipinski definition) is 1. The summed E-state index contributed by atoms with van der Waals surface area (Å²) in [5.41, 5.74) is 8.24. The van der Waals surface area contributed by atoms with Crippen molar-refractivity contribution in [3.05, 3.63) is 35.4 Å². The first kappa shape index (κ1) is 16.5. The van der Waals surface area contributed by atoms with E-state index in [0.717, 1.165) is 31.5 Å². The Morgan fingerprint density at radius 2 is 1.65 bits per heavy atom. The third kappa shape index (κ3) is 4.12. The van der Waals surface area contributed by atoms with Gasteiger partial charge in [0.2, 0.25) is 5.91 Å². The van der Waals surface area contributed by atoms with Gasteiger partial charge in [-0.05, 0) is 38.2 Å². The molecule has 1 aliphatic heterocycles. The monoisotopic (exact) mass is 316 g/mol. The summed E-state index contributed by atoms with van der Waals surface area (Å²) in [6, 6.07) is 7.36. The zero-order valence-corrected chi connectivity index (χ0v) is 14.0. The highest BCUT2D eigenvalue weighted by molar-refractivity contribution is 5.83. The van der Waals surface area contributed by atoms with E-state index in [4.69, 9.17) is 10.5 Å². The number of rotatable bonds is 4. The topological polar surface area (TPSA) is 55.6 Å². The van der Waals surface area contributed by atoms with Crippen LogP contribution >= 0.6 is 0 Å². The lowest BCUT2D eigenvalue weighted by Gasteiger charge is -2.34. The minimum absolute atomic E-state index is 0.0353. The smallest absolute Gasteiger partial charge is 0.244 e. The van der Waals surface area contributed by atoms with Crippen LogP contribution in [-0.2, 0) is 9.53 Å². The second kappa shape index (κ2) is 7.45. The van der Waals surface area contributed by atoms with Crippen LogP contribution < -0.4 is 5.73 Å². The number of carbonyl (C=O) groups excluding carboxylic acids is 1. The van der Waals surface area contributed by atoms with Crippen molar-refractivity contribution >= 4 is 5.91 Å². The van der Waals surface area contributed by atoms with Gasteiger partial charge in [-0.1, -0.05) is 42.7 Å². The molecule has 2 aliphatic rings. The van der Waals surface area contributed by atoms with Crippen molar-refractivity contribution in [1.29, 1.82) is 0 Å². The summed E-state index contributed by atoms with van der Waals surface area (Å²) in [4.78, 5) is 14.5. The highest BCUT2D eigenvalue weighted by atomic mass is 16.5. The zero-order chi connectivity index (χ0) is 16.2. The molecule has 0 radical (unpaired) electrons. The van der Waals surface area contributed by atoms with Crippen molar-refractivity contribution < 1.29 is 9.53 Å². The van der Waals surface area contributed by atoms with Gasteiger partial charge >= 0.3 is 0 Å². The lowest BCUT2D eigenvalue weighted by molar-refractivity contribution is -0.136. The molecule has 1 heterocycles. The van der Waals surface area contributed by atoms with E-state index < -0.39 is 6.04 Å². The van der Waals surface area contributed by atoms with Crippen LogP contribution in [0.2, 0.25) is 0 Å². The first-order chi connectivity index (χ1) is 11.1. The zero-order valence-electron chi connectivity index (χ0n) is 14.0. The Morgan fingerprint density at radius 1 is 1.09 bits per heavy atom. The minimum Gasteiger partial charge on any atom is -0.375 e. The van der Waals surface area contributed by atoms with Gasteiger partial charge in [0.25, 0.3) is 0 Å². The number of piperidine rings is 1. The summed E-state index contributed by atoms with van der Waals surface area (Å²) in [6.45, 7) is 3.55. The van der Waals surface area contributed by atoms with Crippen molar-refractivity contribution in [2.75, 3.05) is 13.1 Å². The fourth-order valence-corrected chi connectivity index (χ4v) is 3.62. The highest BCUT2D eigenvalue weighted by Gasteiger charge is 2.29. The summed E-state index contributed by atoms with van der Waals surface area (Å²) in [5, 5.41) is 0. The summed E-state index contributed by atoms with van der Waals surface area (Å²) in [7, 11) is 0. The van der Waals surface area contributed by atoms with Gasteiger partial charge in [0, 0.05) is 13.1 Å². The van der Waals surface area contributed by atoms with E-state index in [1.165, 1.54) is 31.2 Å². The number of nitrogens with two attached hydrogens (primary N) is 1. The second-order valence-electron chi connectivity index (χ2n) is 6.96. The predicted octanol–water partition coefficient (Wildman–Crippen LogP) is 2.95. The van der Waals surface area contributed by atoms with E-state index in [0.29, 0.717) is 12.2 Å². The van der Waals surface area contributed by atoms with E-state index >= 15 is 0 Å². The molecular formula is C19H28N2O2. The SMILES string of the molecule is Cc1ccc(C(N)C(=O)N2CCC(OC3CCCC3)CC2)cc1. The molecule has 1 saturated heterocycles. The molecule has 3 rings (SSSR count). The molecule has 2 fully saturated rings. The average molecular weight is 316 g/mol. The van der Waals surface area contributed by atoms with Crippen molar-refractivity contribution in [1.82, 2.24) is 4.90 Å². The molecule has 126 valence electrons. The normalized spacial score (nSPS) is 21.6. The molecule has 1 saturated carbocycles. The quantitative estimate of drug-likeness (QED) is 0.929. The van der Waals surface area contributed by atoms with Crippen LogP contribution in [-0.4, -0.2) is 36.1 Å². The first-order valence-corrected chi connectivity index (χ1v) is 8.90. The van der Waals surface area contributed by atoms with Gasteiger partial charge < -0.3 is 15.4 Å². The third-order valence-electron chi connectivity index (χ3n) is 5.14. The fourth-order valence-electron chi connectivity index (χ4n) is 3.62. The van der Waals surface area contributed by atoms with Crippen LogP contribution in [0.25, 0.3) is 0 Å². The van der Waals surface area contributed by atoms with Crippen LogP contribution in [0, 0.1) is 6.92 Å². The second-order valence-corrected chi connectivity index (χ2v) is 6.96. The molecule has 0 spiro atoms.